The number of ether oxygens (including phenoxy) is 3. The average Bonchev–Trinajstić information content (AvgIpc) is 3.07. The highest BCUT2D eigenvalue weighted by molar-refractivity contribution is 5.39. The van der Waals surface area contributed by atoms with Gasteiger partial charge in [0, 0.05) is 25.1 Å². The van der Waals surface area contributed by atoms with Gasteiger partial charge >= 0.3 is 0 Å². The summed E-state index contributed by atoms with van der Waals surface area (Å²) in [6.45, 7) is 1.87. The topological polar surface area (TPSA) is 45.5 Å². The minimum atomic E-state index is -0.0559. The molecule has 5 heteroatoms. The number of nitrogens with zero attached hydrogens (tertiary/aromatic N) is 2. The van der Waals surface area contributed by atoms with E-state index in [1.807, 2.05) is 35.0 Å². The average molecular weight is 288 g/mol. The molecule has 5 nitrogen and oxygen atoms in total. The lowest BCUT2D eigenvalue weighted by atomic mass is 10.2. The van der Waals surface area contributed by atoms with Crippen LogP contribution in [0.2, 0.25) is 0 Å². The summed E-state index contributed by atoms with van der Waals surface area (Å²) in [6.07, 6.45) is 8.67. The number of hydrogen-bond donors (Lipinski definition) is 0. The molecular weight excluding hydrogens is 268 g/mol. The maximum atomic E-state index is 5.72. The fourth-order valence-corrected chi connectivity index (χ4v) is 2.33. The second-order valence-corrected chi connectivity index (χ2v) is 4.98. The van der Waals surface area contributed by atoms with Crippen LogP contribution in [0.15, 0.2) is 43.0 Å². The molecule has 1 unspecified atom stereocenters. The van der Waals surface area contributed by atoms with Gasteiger partial charge in [-0.2, -0.15) is 0 Å². The molecule has 2 heterocycles. The van der Waals surface area contributed by atoms with Gasteiger partial charge in [0.15, 0.2) is 6.29 Å². The highest BCUT2D eigenvalue weighted by atomic mass is 16.7. The molecule has 1 saturated heterocycles. The van der Waals surface area contributed by atoms with Gasteiger partial charge in [0.2, 0.25) is 0 Å². The molecule has 1 aliphatic heterocycles. The van der Waals surface area contributed by atoms with Gasteiger partial charge in [0.1, 0.15) is 12.4 Å². The number of rotatable bonds is 6. The van der Waals surface area contributed by atoms with Crippen molar-refractivity contribution in [3.05, 3.63) is 43.0 Å². The Kier molecular flexibility index (Phi) is 4.86. The normalized spacial score (nSPS) is 18.6. The Bertz CT molecular complexity index is 536. The number of imidazole rings is 1. The van der Waals surface area contributed by atoms with Crippen LogP contribution in [0, 0.1) is 0 Å². The highest BCUT2D eigenvalue weighted by Gasteiger charge is 2.13. The molecule has 1 atom stereocenters. The Morgan fingerprint density at radius 1 is 1.29 bits per heavy atom. The van der Waals surface area contributed by atoms with Gasteiger partial charge in [-0.1, -0.05) is 6.07 Å². The SMILES string of the molecule is c1cc(OCCOC2CCCCO2)cc(-n2ccnc2)c1. The second kappa shape index (κ2) is 7.24. The van der Waals surface area contributed by atoms with Crippen LogP contribution < -0.4 is 4.74 Å². The van der Waals surface area contributed by atoms with E-state index in [9.17, 15) is 0 Å². The van der Waals surface area contributed by atoms with E-state index in [0.29, 0.717) is 13.2 Å². The smallest absolute Gasteiger partial charge is 0.157 e. The maximum Gasteiger partial charge on any atom is 0.157 e. The summed E-state index contributed by atoms with van der Waals surface area (Å²) < 4.78 is 18.8. The molecule has 1 aliphatic rings. The zero-order valence-corrected chi connectivity index (χ0v) is 12.0. The Balaban J connectivity index is 1.46. The van der Waals surface area contributed by atoms with Crippen molar-refractivity contribution in [1.29, 1.82) is 0 Å². The number of aromatic nitrogens is 2. The largest absolute Gasteiger partial charge is 0.491 e. The summed E-state index contributed by atoms with van der Waals surface area (Å²) in [5.41, 5.74) is 1.03. The first kappa shape index (κ1) is 14.1. The molecule has 1 aromatic heterocycles. The molecule has 0 bridgehead atoms. The third-order valence-corrected chi connectivity index (χ3v) is 3.41. The summed E-state index contributed by atoms with van der Waals surface area (Å²) >= 11 is 0. The van der Waals surface area contributed by atoms with Crippen LogP contribution in [0.5, 0.6) is 5.75 Å². The molecule has 2 aromatic rings. The predicted octanol–water partition coefficient (Wildman–Crippen LogP) is 2.79. The van der Waals surface area contributed by atoms with Crippen LogP contribution in [0.4, 0.5) is 0 Å². The van der Waals surface area contributed by atoms with Gasteiger partial charge in [-0.25, -0.2) is 4.98 Å². The molecule has 112 valence electrons. The number of hydrogen-bond acceptors (Lipinski definition) is 4. The Morgan fingerprint density at radius 2 is 2.29 bits per heavy atom. The lowest BCUT2D eigenvalue weighted by Crippen LogP contribution is -2.24. The molecule has 21 heavy (non-hydrogen) atoms. The highest BCUT2D eigenvalue weighted by Crippen LogP contribution is 2.17. The van der Waals surface area contributed by atoms with Crippen molar-refractivity contribution in [1.82, 2.24) is 9.55 Å². The van der Waals surface area contributed by atoms with E-state index in [0.717, 1.165) is 30.9 Å². The van der Waals surface area contributed by atoms with Gasteiger partial charge in [0.25, 0.3) is 0 Å². The summed E-state index contributed by atoms with van der Waals surface area (Å²) in [6, 6.07) is 7.91. The molecule has 0 aliphatic carbocycles. The molecule has 0 radical (unpaired) electrons. The van der Waals surface area contributed by atoms with Crippen molar-refractivity contribution in [3.8, 4) is 11.4 Å². The van der Waals surface area contributed by atoms with Gasteiger partial charge < -0.3 is 18.8 Å². The molecular formula is C16H20N2O3. The monoisotopic (exact) mass is 288 g/mol. The maximum absolute atomic E-state index is 5.72. The molecule has 0 spiro atoms. The van der Waals surface area contributed by atoms with Crippen molar-refractivity contribution in [2.24, 2.45) is 0 Å². The minimum Gasteiger partial charge on any atom is -0.491 e. The first-order valence-corrected chi connectivity index (χ1v) is 7.36. The quantitative estimate of drug-likeness (QED) is 0.767. The molecule has 0 amide bonds. The van der Waals surface area contributed by atoms with Gasteiger partial charge in [-0.15, -0.1) is 0 Å². The van der Waals surface area contributed by atoms with E-state index >= 15 is 0 Å². The van der Waals surface area contributed by atoms with Crippen molar-refractivity contribution in [2.45, 2.75) is 25.6 Å². The Morgan fingerprint density at radius 3 is 3.10 bits per heavy atom. The van der Waals surface area contributed by atoms with Crippen LogP contribution in [-0.4, -0.2) is 35.7 Å². The standard InChI is InChI=1S/C16H20N2O3/c1-2-9-20-16(6-1)21-11-10-19-15-5-3-4-14(12-15)18-8-7-17-13-18/h3-5,7-8,12-13,16H,1-2,6,9-11H2. The number of benzene rings is 1. The Hall–Kier alpha value is -1.85. The van der Waals surface area contributed by atoms with Crippen molar-refractivity contribution >= 4 is 0 Å². The summed E-state index contributed by atoms with van der Waals surface area (Å²) in [5.74, 6) is 0.828. The van der Waals surface area contributed by atoms with Crippen molar-refractivity contribution in [3.63, 3.8) is 0 Å². The zero-order chi connectivity index (χ0) is 14.3. The minimum absolute atomic E-state index is 0.0559. The molecule has 1 fully saturated rings. The first-order valence-electron chi connectivity index (χ1n) is 7.36. The summed E-state index contributed by atoms with van der Waals surface area (Å²) in [4.78, 5) is 4.04. The van der Waals surface area contributed by atoms with Crippen LogP contribution in [0.25, 0.3) is 5.69 Å². The van der Waals surface area contributed by atoms with E-state index in [1.165, 1.54) is 6.42 Å². The van der Waals surface area contributed by atoms with Crippen molar-refractivity contribution < 1.29 is 14.2 Å². The molecule has 3 rings (SSSR count). The zero-order valence-electron chi connectivity index (χ0n) is 12.0. The van der Waals surface area contributed by atoms with Crippen LogP contribution >= 0.6 is 0 Å². The Labute approximate surface area is 124 Å². The van der Waals surface area contributed by atoms with E-state index in [2.05, 4.69) is 4.98 Å². The van der Waals surface area contributed by atoms with Gasteiger partial charge in [-0.3, -0.25) is 0 Å². The second-order valence-electron chi connectivity index (χ2n) is 4.98. The van der Waals surface area contributed by atoms with Crippen LogP contribution in [0.1, 0.15) is 19.3 Å². The molecule has 1 aromatic carbocycles. The first-order chi connectivity index (χ1) is 10.4. The fourth-order valence-electron chi connectivity index (χ4n) is 2.33. The van der Waals surface area contributed by atoms with E-state index in [1.54, 1.807) is 12.5 Å². The van der Waals surface area contributed by atoms with Crippen molar-refractivity contribution in [2.75, 3.05) is 19.8 Å². The van der Waals surface area contributed by atoms with Crippen LogP contribution in [-0.2, 0) is 9.47 Å². The third kappa shape index (κ3) is 4.06. The fraction of sp³-hybridized carbons (Fsp3) is 0.438. The predicted molar refractivity (Wildman–Crippen MR) is 78.6 cm³/mol. The molecule has 0 N–H and O–H groups in total. The van der Waals surface area contributed by atoms with E-state index in [-0.39, 0.29) is 6.29 Å². The van der Waals surface area contributed by atoms with Crippen LogP contribution in [0.3, 0.4) is 0 Å². The molecule has 0 saturated carbocycles. The van der Waals surface area contributed by atoms with Gasteiger partial charge in [-0.05, 0) is 31.4 Å². The van der Waals surface area contributed by atoms with E-state index < -0.39 is 0 Å². The lowest BCUT2D eigenvalue weighted by molar-refractivity contribution is -0.165. The summed E-state index contributed by atoms with van der Waals surface area (Å²) in [7, 11) is 0. The summed E-state index contributed by atoms with van der Waals surface area (Å²) in [5, 5.41) is 0. The van der Waals surface area contributed by atoms with Gasteiger partial charge in [0.05, 0.1) is 18.6 Å². The lowest BCUT2D eigenvalue weighted by Gasteiger charge is -2.22. The third-order valence-electron chi connectivity index (χ3n) is 3.41. The van der Waals surface area contributed by atoms with E-state index in [4.69, 9.17) is 14.2 Å².